The van der Waals surface area contributed by atoms with Crippen LogP contribution in [-0.4, -0.2) is 37.2 Å². The molecule has 6 heteroatoms. The summed E-state index contributed by atoms with van der Waals surface area (Å²) in [5, 5.41) is 0. The van der Waals surface area contributed by atoms with E-state index in [0.717, 1.165) is 89.9 Å². The number of allylic oxidation sites excluding steroid dienone is 6. The normalized spacial score (nSPS) is 12.2. The maximum atomic E-state index is 12.7. The van der Waals surface area contributed by atoms with Crippen molar-refractivity contribution < 1.29 is 28.6 Å². The first kappa shape index (κ1) is 63.6. The quantitative estimate of drug-likeness (QED) is 0.0262. The number of rotatable bonds is 53. The molecule has 0 spiro atoms. The molecule has 0 aliphatic carbocycles. The van der Waals surface area contributed by atoms with Gasteiger partial charge in [0.1, 0.15) is 13.2 Å². The van der Waals surface area contributed by atoms with Crippen molar-refractivity contribution in [2.75, 3.05) is 13.2 Å². The topological polar surface area (TPSA) is 78.9 Å². The van der Waals surface area contributed by atoms with Crippen LogP contribution in [0.2, 0.25) is 0 Å². The Morgan fingerprint density at radius 3 is 0.924 bits per heavy atom. The van der Waals surface area contributed by atoms with Gasteiger partial charge in [-0.25, -0.2) is 0 Å². The zero-order chi connectivity index (χ0) is 47.9. The molecule has 1 unspecified atom stereocenters. The highest BCUT2D eigenvalue weighted by Gasteiger charge is 2.19. The third kappa shape index (κ3) is 52.6. The molecule has 1 atom stereocenters. The fourth-order valence-electron chi connectivity index (χ4n) is 8.58. The molecule has 0 amide bonds. The average Bonchev–Trinajstić information content (AvgIpc) is 3.31. The number of esters is 3. The van der Waals surface area contributed by atoms with E-state index in [4.69, 9.17) is 14.2 Å². The summed E-state index contributed by atoms with van der Waals surface area (Å²) in [6, 6.07) is 0. The maximum absolute atomic E-state index is 12.7. The lowest BCUT2D eigenvalue weighted by Gasteiger charge is -2.18. The summed E-state index contributed by atoms with van der Waals surface area (Å²) in [5.41, 5.74) is 0. The minimum Gasteiger partial charge on any atom is -0.462 e. The Balaban J connectivity index is 3.91. The number of carbonyl (C=O) groups excluding carboxylic acids is 3. The minimum absolute atomic E-state index is 0.0813. The Morgan fingerprint density at radius 1 is 0.318 bits per heavy atom. The van der Waals surface area contributed by atoms with Crippen molar-refractivity contribution in [1.29, 1.82) is 0 Å². The van der Waals surface area contributed by atoms with E-state index in [9.17, 15) is 14.4 Å². The lowest BCUT2D eigenvalue weighted by Crippen LogP contribution is -2.30. The van der Waals surface area contributed by atoms with Crippen LogP contribution in [0, 0.1) is 0 Å². The summed E-state index contributed by atoms with van der Waals surface area (Å²) in [6.45, 7) is 6.45. The van der Waals surface area contributed by atoms with E-state index in [1.54, 1.807) is 0 Å². The third-order valence-electron chi connectivity index (χ3n) is 12.9. The monoisotopic (exact) mass is 927 g/mol. The second-order valence-corrected chi connectivity index (χ2v) is 19.5. The van der Waals surface area contributed by atoms with Crippen molar-refractivity contribution in [2.45, 2.75) is 316 Å². The summed E-state index contributed by atoms with van der Waals surface area (Å²) in [6.07, 6.45) is 66.5. The van der Waals surface area contributed by atoms with Gasteiger partial charge in [0.15, 0.2) is 6.10 Å². The van der Waals surface area contributed by atoms with E-state index < -0.39 is 6.10 Å². The van der Waals surface area contributed by atoms with E-state index in [1.807, 2.05) is 0 Å². The van der Waals surface area contributed by atoms with Crippen LogP contribution in [0.3, 0.4) is 0 Å². The Morgan fingerprint density at radius 2 is 0.591 bits per heavy atom. The van der Waals surface area contributed by atoms with Crippen LogP contribution in [0.4, 0.5) is 0 Å². The number of hydrogen-bond donors (Lipinski definition) is 0. The fourth-order valence-corrected chi connectivity index (χ4v) is 8.58. The lowest BCUT2D eigenvalue weighted by molar-refractivity contribution is -0.167. The average molecular weight is 928 g/mol. The fraction of sp³-hybridized carbons (Fsp3) is 0.850. The number of hydrogen-bond acceptors (Lipinski definition) is 6. The predicted molar refractivity (Wildman–Crippen MR) is 284 cm³/mol. The molecule has 0 bridgehead atoms. The first-order chi connectivity index (χ1) is 32.5. The summed E-state index contributed by atoms with van der Waals surface area (Å²) in [4.78, 5) is 37.7. The van der Waals surface area contributed by atoms with Crippen LogP contribution >= 0.6 is 0 Å². The molecule has 66 heavy (non-hydrogen) atoms. The van der Waals surface area contributed by atoms with Gasteiger partial charge in [-0.05, 0) is 51.4 Å². The standard InChI is InChI=1S/C60H110O6/c1-4-7-10-13-15-17-19-21-22-23-24-25-26-27-28-29-30-31-32-33-34-35-36-37-39-40-42-44-47-50-53-59(62)65-56-57(55-64-58(61)52-49-46-12-9-6-3)66-60(63)54-51-48-45-43-41-38-20-18-16-14-11-8-5-2/h8,11,16,18,38,41,57H,4-7,9-10,12-15,17,19-37,39-40,42-56H2,1-3H3/b11-8-,18-16-,41-38-. The SMILES string of the molecule is CC/C=C\C/C=C\C/C=C\CCCCCC(=O)OC(COC(=O)CCCCCCC)COC(=O)CCCCCCCCCCCCCCCCCCCCCCCCCCCCCCCC. The maximum Gasteiger partial charge on any atom is 0.306 e. The molecule has 0 saturated carbocycles. The molecule has 0 heterocycles. The van der Waals surface area contributed by atoms with Crippen LogP contribution in [-0.2, 0) is 28.6 Å². The lowest BCUT2D eigenvalue weighted by atomic mass is 10.0. The zero-order valence-electron chi connectivity index (χ0n) is 44.2. The number of unbranched alkanes of at least 4 members (excludes halogenated alkanes) is 36. The largest absolute Gasteiger partial charge is 0.462 e. The van der Waals surface area contributed by atoms with Gasteiger partial charge in [-0.2, -0.15) is 0 Å². The van der Waals surface area contributed by atoms with E-state index in [2.05, 4.69) is 57.2 Å². The summed E-state index contributed by atoms with van der Waals surface area (Å²) < 4.78 is 16.7. The molecule has 0 aromatic heterocycles. The van der Waals surface area contributed by atoms with Gasteiger partial charge in [0.25, 0.3) is 0 Å². The number of ether oxygens (including phenoxy) is 3. The molecule has 0 saturated heterocycles. The van der Waals surface area contributed by atoms with Gasteiger partial charge in [0, 0.05) is 19.3 Å². The van der Waals surface area contributed by atoms with Gasteiger partial charge >= 0.3 is 17.9 Å². The van der Waals surface area contributed by atoms with E-state index in [-0.39, 0.29) is 31.1 Å². The van der Waals surface area contributed by atoms with Crippen molar-refractivity contribution in [3.63, 3.8) is 0 Å². The second kappa shape index (κ2) is 55.2. The van der Waals surface area contributed by atoms with Crippen molar-refractivity contribution in [1.82, 2.24) is 0 Å². The summed E-state index contributed by atoms with van der Waals surface area (Å²) in [7, 11) is 0. The van der Waals surface area contributed by atoms with Crippen LogP contribution in [0.1, 0.15) is 310 Å². The number of carbonyl (C=O) groups is 3. The van der Waals surface area contributed by atoms with Crippen molar-refractivity contribution in [3.8, 4) is 0 Å². The first-order valence-corrected chi connectivity index (χ1v) is 29.0. The Bertz CT molecular complexity index is 1110. The predicted octanol–water partition coefficient (Wildman–Crippen LogP) is 19.3. The molecule has 0 fully saturated rings. The molecule has 6 nitrogen and oxygen atoms in total. The van der Waals surface area contributed by atoms with E-state index in [0.29, 0.717) is 19.3 Å². The van der Waals surface area contributed by atoms with Crippen LogP contribution in [0.15, 0.2) is 36.5 Å². The highest BCUT2D eigenvalue weighted by Crippen LogP contribution is 2.17. The molecule has 0 aromatic rings. The molecular formula is C60H110O6. The van der Waals surface area contributed by atoms with Crippen LogP contribution in [0.25, 0.3) is 0 Å². The van der Waals surface area contributed by atoms with E-state index in [1.165, 1.54) is 180 Å². The highest BCUT2D eigenvalue weighted by molar-refractivity contribution is 5.71. The van der Waals surface area contributed by atoms with Crippen molar-refractivity contribution in [3.05, 3.63) is 36.5 Å². The highest BCUT2D eigenvalue weighted by atomic mass is 16.6. The summed E-state index contributed by atoms with van der Waals surface area (Å²) >= 11 is 0. The molecule has 0 aliphatic rings. The zero-order valence-corrected chi connectivity index (χ0v) is 44.2. The van der Waals surface area contributed by atoms with Gasteiger partial charge in [-0.15, -0.1) is 0 Å². The van der Waals surface area contributed by atoms with Gasteiger partial charge in [-0.1, -0.05) is 276 Å². The third-order valence-corrected chi connectivity index (χ3v) is 12.9. The molecule has 386 valence electrons. The molecule has 0 radical (unpaired) electrons. The van der Waals surface area contributed by atoms with Crippen LogP contribution in [0.5, 0.6) is 0 Å². The molecular weight excluding hydrogens is 817 g/mol. The van der Waals surface area contributed by atoms with Gasteiger partial charge < -0.3 is 14.2 Å². The second-order valence-electron chi connectivity index (χ2n) is 19.5. The van der Waals surface area contributed by atoms with Crippen molar-refractivity contribution >= 4 is 17.9 Å². The molecule has 0 aliphatic heterocycles. The Labute approximate surface area is 410 Å². The van der Waals surface area contributed by atoms with Crippen molar-refractivity contribution in [2.24, 2.45) is 0 Å². The summed E-state index contributed by atoms with van der Waals surface area (Å²) in [5.74, 6) is -0.914. The molecule has 0 N–H and O–H groups in total. The minimum atomic E-state index is -0.780. The van der Waals surface area contributed by atoms with Crippen LogP contribution < -0.4 is 0 Å². The molecule has 0 aromatic carbocycles. The van der Waals surface area contributed by atoms with E-state index >= 15 is 0 Å². The first-order valence-electron chi connectivity index (χ1n) is 29.0. The smallest absolute Gasteiger partial charge is 0.306 e. The van der Waals surface area contributed by atoms with Gasteiger partial charge in [0.05, 0.1) is 0 Å². The van der Waals surface area contributed by atoms with Gasteiger partial charge in [-0.3, -0.25) is 14.4 Å². The van der Waals surface area contributed by atoms with Gasteiger partial charge in [0.2, 0.25) is 0 Å². The Kier molecular flexibility index (Phi) is 53.2. The Hall–Kier alpha value is -2.37. The molecule has 0 rings (SSSR count).